The van der Waals surface area contributed by atoms with Gasteiger partial charge in [0.05, 0.1) is 5.69 Å². The highest BCUT2D eigenvalue weighted by atomic mass is 32.2. The number of rotatable bonds is 2. The second-order valence-electron chi connectivity index (χ2n) is 3.59. The maximum absolute atomic E-state index is 9.55. The van der Waals surface area contributed by atoms with Gasteiger partial charge in [-0.05, 0) is 24.3 Å². The van der Waals surface area contributed by atoms with Crippen LogP contribution in [0.15, 0.2) is 46.2 Å². The van der Waals surface area contributed by atoms with Gasteiger partial charge >= 0.3 is 0 Å². The maximum Gasteiger partial charge on any atom is 0.139 e. The lowest BCUT2D eigenvalue weighted by atomic mass is 10.2. The fraction of sp³-hybridized carbons (Fsp3) is 0. The average Bonchev–Trinajstić information content (AvgIpc) is 2.29. The molecule has 2 aromatic rings. The SMILES string of the molecule is Nc1cc(N)c(Sc2ccccc2N)cc1O. The Hall–Kier alpha value is -2.01. The predicted octanol–water partition coefficient (Wildman–Crippen LogP) is 2.29. The zero-order valence-corrected chi connectivity index (χ0v) is 9.87. The summed E-state index contributed by atoms with van der Waals surface area (Å²) >= 11 is 1.40. The minimum absolute atomic E-state index is 0.0243. The molecule has 0 amide bonds. The van der Waals surface area contributed by atoms with Crippen LogP contribution in [0.1, 0.15) is 0 Å². The summed E-state index contributed by atoms with van der Waals surface area (Å²) in [6, 6.07) is 10.6. The van der Waals surface area contributed by atoms with Crippen molar-refractivity contribution >= 4 is 28.8 Å². The lowest BCUT2D eigenvalue weighted by Gasteiger charge is -2.09. The van der Waals surface area contributed by atoms with E-state index in [-0.39, 0.29) is 11.4 Å². The molecule has 4 nitrogen and oxygen atoms in total. The van der Waals surface area contributed by atoms with E-state index >= 15 is 0 Å². The smallest absolute Gasteiger partial charge is 0.139 e. The van der Waals surface area contributed by atoms with Crippen LogP contribution in [0, 0.1) is 0 Å². The number of benzene rings is 2. The van der Waals surface area contributed by atoms with Crippen LogP contribution in [0.4, 0.5) is 17.1 Å². The summed E-state index contributed by atoms with van der Waals surface area (Å²) in [6.07, 6.45) is 0. The van der Waals surface area contributed by atoms with Gasteiger partial charge in [0, 0.05) is 21.2 Å². The van der Waals surface area contributed by atoms with Gasteiger partial charge in [-0.3, -0.25) is 0 Å². The Morgan fingerprint density at radius 2 is 1.53 bits per heavy atom. The fourth-order valence-electron chi connectivity index (χ4n) is 1.38. The average molecular weight is 247 g/mol. The van der Waals surface area contributed by atoms with Gasteiger partial charge in [0.15, 0.2) is 0 Å². The molecule has 0 saturated carbocycles. The molecule has 0 unspecified atom stereocenters. The molecule has 0 radical (unpaired) electrons. The van der Waals surface area contributed by atoms with E-state index in [9.17, 15) is 5.11 Å². The Balaban J connectivity index is 2.37. The number of anilines is 3. The van der Waals surface area contributed by atoms with E-state index in [0.29, 0.717) is 11.4 Å². The van der Waals surface area contributed by atoms with Crippen molar-refractivity contribution in [1.29, 1.82) is 0 Å². The molecule has 0 spiro atoms. The number of hydrogen-bond donors (Lipinski definition) is 4. The summed E-state index contributed by atoms with van der Waals surface area (Å²) in [5.74, 6) is 0.0243. The normalized spacial score (nSPS) is 10.4. The van der Waals surface area contributed by atoms with E-state index in [2.05, 4.69) is 0 Å². The van der Waals surface area contributed by atoms with Gasteiger partial charge in [-0.25, -0.2) is 0 Å². The molecule has 2 aromatic carbocycles. The maximum atomic E-state index is 9.55. The van der Waals surface area contributed by atoms with Crippen molar-refractivity contribution in [2.24, 2.45) is 0 Å². The first kappa shape index (κ1) is 11.5. The number of aromatic hydroxyl groups is 1. The molecule has 0 fully saturated rings. The first-order valence-corrected chi connectivity index (χ1v) is 5.80. The summed E-state index contributed by atoms with van der Waals surface area (Å²) in [5, 5.41) is 9.55. The monoisotopic (exact) mass is 247 g/mol. The number of nitrogen functional groups attached to an aromatic ring is 3. The van der Waals surface area contributed by atoms with Gasteiger partial charge in [0.2, 0.25) is 0 Å². The standard InChI is InChI=1S/C12H13N3OS/c13-7-3-1-2-4-11(7)17-12-6-10(16)8(14)5-9(12)15/h1-6,16H,13-15H2. The number of nitrogens with two attached hydrogens (primary N) is 3. The predicted molar refractivity (Wildman–Crippen MR) is 71.9 cm³/mol. The first-order chi connectivity index (χ1) is 8.08. The lowest BCUT2D eigenvalue weighted by Crippen LogP contribution is -1.94. The molecular formula is C12H13N3OS. The molecule has 88 valence electrons. The molecule has 0 heterocycles. The molecule has 5 heteroatoms. The quantitative estimate of drug-likeness (QED) is 0.371. The molecule has 0 aromatic heterocycles. The number of phenolic OH excluding ortho intramolecular Hbond substituents is 1. The van der Waals surface area contributed by atoms with Gasteiger partial charge in [-0.2, -0.15) is 0 Å². The number of para-hydroxylation sites is 1. The highest BCUT2D eigenvalue weighted by Crippen LogP contribution is 2.38. The van der Waals surface area contributed by atoms with E-state index in [1.54, 1.807) is 6.07 Å². The van der Waals surface area contributed by atoms with E-state index < -0.39 is 0 Å². The van der Waals surface area contributed by atoms with Crippen molar-refractivity contribution in [1.82, 2.24) is 0 Å². The topological polar surface area (TPSA) is 98.3 Å². The molecule has 0 atom stereocenters. The number of hydrogen-bond acceptors (Lipinski definition) is 5. The second-order valence-corrected chi connectivity index (χ2v) is 4.67. The summed E-state index contributed by atoms with van der Waals surface area (Å²) in [6.45, 7) is 0. The van der Waals surface area contributed by atoms with Crippen molar-refractivity contribution in [2.75, 3.05) is 17.2 Å². The molecular weight excluding hydrogens is 234 g/mol. The zero-order valence-electron chi connectivity index (χ0n) is 9.05. The third-order valence-corrected chi connectivity index (χ3v) is 3.46. The van der Waals surface area contributed by atoms with E-state index in [4.69, 9.17) is 17.2 Å². The molecule has 17 heavy (non-hydrogen) atoms. The Kier molecular flexibility index (Phi) is 3.01. The van der Waals surface area contributed by atoms with Crippen LogP contribution < -0.4 is 17.2 Å². The van der Waals surface area contributed by atoms with Gasteiger partial charge in [-0.15, -0.1) is 0 Å². The summed E-state index contributed by atoms with van der Waals surface area (Å²) in [7, 11) is 0. The summed E-state index contributed by atoms with van der Waals surface area (Å²) in [4.78, 5) is 1.62. The third-order valence-electron chi connectivity index (χ3n) is 2.30. The molecule has 0 bridgehead atoms. The molecule has 0 aliphatic carbocycles. The van der Waals surface area contributed by atoms with Gasteiger partial charge in [0.25, 0.3) is 0 Å². The van der Waals surface area contributed by atoms with Crippen molar-refractivity contribution in [2.45, 2.75) is 9.79 Å². The zero-order chi connectivity index (χ0) is 12.4. The van der Waals surface area contributed by atoms with Crippen molar-refractivity contribution in [3.63, 3.8) is 0 Å². The van der Waals surface area contributed by atoms with E-state index in [0.717, 1.165) is 9.79 Å². The van der Waals surface area contributed by atoms with Crippen LogP contribution in [-0.4, -0.2) is 5.11 Å². The molecule has 2 rings (SSSR count). The van der Waals surface area contributed by atoms with E-state index in [1.165, 1.54) is 17.8 Å². The van der Waals surface area contributed by atoms with Crippen molar-refractivity contribution < 1.29 is 5.11 Å². The van der Waals surface area contributed by atoms with Gasteiger partial charge in [-0.1, -0.05) is 23.9 Å². The fourth-order valence-corrected chi connectivity index (χ4v) is 2.30. The van der Waals surface area contributed by atoms with Crippen LogP contribution in [0.2, 0.25) is 0 Å². The highest BCUT2D eigenvalue weighted by Gasteiger charge is 2.08. The largest absolute Gasteiger partial charge is 0.506 e. The first-order valence-electron chi connectivity index (χ1n) is 4.98. The van der Waals surface area contributed by atoms with Crippen LogP contribution in [0.5, 0.6) is 5.75 Å². The lowest BCUT2D eigenvalue weighted by molar-refractivity contribution is 0.476. The van der Waals surface area contributed by atoms with E-state index in [1.807, 2.05) is 24.3 Å². The second kappa shape index (κ2) is 4.47. The molecule has 0 aliphatic heterocycles. The minimum Gasteiger partial charge on any atom is -0.506 e. The van der Waals surface area contributed by atoms with Gasteiger partial charge < -0.3 is 22.3 Å². The molecule has 7 N–H and O–H groups in total. The van der Waals surface area contributed by atoms with Crippen LogP contribution >= 0.6 is 11.8 Å². The summed E-state index contributed by atoms with van der Waals surface area (Å²) in [5.41, 5.74) is 18.7. The minimum atomic E-state index is 0.0243. The Labute approximate surface area is 103 Å². The van der Waals surface area contributed by atoms with Gasteiger partial charge in [0.1, 0.15) is 5.75 Å². The van der Waals surface area contributed by atoms with Crippen LogP contribution in [0.25, 0.3) is 0 Å². The highest BCUT2D eigenvalue weighted by molar-refractivity contribution is 7.99. The van der Waals surface area contributed by atoms with Crippen molar-refractivity contribution in [3.8, 4) is 5.75 Å². The van der Waals surface area contributed by atoms with Crippen molar-refractivity contribution in [3.05, 3.63) is 36.4 Å². The molecule has 0 saturated heterocycles. The molecule has 0 aliphatic rings. The Bertz CT molecular complexity index is 557. The Morgan fingerprint density at radius 3 is 2.24 bits per heavy atom. The van der Waals surface area contributed by atoms with Crippen LogP contribution in [0.3, 0.4) is 0 Å². The Morgan fingerprint density at radius 1 is 0.824 bits per heavy atom. The third kappa shape index (κ3) is 2.39. The number of phenols is 1. The summed E-state index contributed by atoms with van der Waals surface area (Å²) < 4.78 is 0. The van der Waals surface area contributed by atoms with Crippen LogP contribution in [-0.2, 0) is 0 Å².